The first-order valence-electron chi connectivity index (χ1n) is 5.89. The van der Waals surface area contributed by atoms with Crippen molar-refractivity contribution >= 4 is 15.7 Å². The average molecular weight is 269 g/mol. The van der Waals surface area contributed by atoms with E-state index in [0.29, 0.717) is 11.1 Å². The van der Waals surface area contributed by atoms with Gasteiger partial charge in [-0.1, -0.05) is 19.1 Å². The molecule has 0 saturated carbocycles. The molecule has 1 amide bonds. The molecule has 4 nitrogen and oxygen atoms in total. The van der Waals surface area contributed by atoms with Gasteiger partial charge in [0.1, 0.15) is 0 Å². The smallest absolute Gasteiger partial charge is 0.251 e. The number of hydrogen-bond donors (Lipinski definition) is 1. The lowest BCUT2D eigenvalue weighted by Crippen LogP contribution is -2.31. The molecule has 0 fully saturated rings. The molecule has 1 aromatic rings. The van der Waals surface area contributed by atoms with Gasteiger partial charge in [-0.05, 0) is 31.0 Å². The van der Waals surface area contributed by atoms with E-state index in [0.717, 1.165) is 6.42 Å². The van der Waals surface area contributed by atoms with Crippen LogP contribution in [0.25, 0.3) is 0 Å². The first-order chi connectivity index (χ1) is 8.31. The summed E-state index contributed by atoms with van der Waals surface area (Å²) >= 11 is 0. The Kier molecular flexibility index (Phi) is 4.90. The number of sulfone groups is 1. The van der Waals surface area contributed by atoms with Crippen LogP contribution in [0.3, 0.4) is 0 Å². The summed E-state index contributed by atoms with van der Waals surface area (Å²) in [4.78, 5) is 11.8. The lowest BCUT2D eigenvalue weighted by molar-refractivity contribution is 0.0939. The molecule has 0 saturated heterocycles. The van der Waals surface area contributed by atoms with Gasteiger partial charge in [0.15, 0.2) is 9.84 Å². The molecule has 0 aliphatic heterocycles. The number of benzene rings is 1. The van der Waals surface area contributed by atoms with E-state index in [4.69, 9.17) is 0 Å². The molecule has 0 aliphatic rings. The second kappa shape index (κ2) is 6.00. The van der Waals surface area contributed by atoms with Gasteiger partial charge in [0, 0.05) is 17.9 Å². The summed E-state index contributed by atoms with van der Waals surface area (Å²) in [5.74, 6) is -0.129. The molecular weight excluding hydrogens is 250 g/mol. The molecule has 0 aliphatic carbocycles. The Morgan fingerprint density at radius 1 is 1.28 bits per heavy atom. The highest BCUT2D eigenvalue weighted by atomic mass is 32.2. The highest BCUT2D eigenvalue weighted by Crippen LogP contribution is 2.08. The minimum absolute atomic E-state index is 0.000260. The quantitative estimate of drug-likeness (QED) is 0.886. The van der Waals surface area contributed by atoms with Crippen LogP contribution in [-0.4, -0.2) is 26.6 Å². The first kappa shape index (κ1) is 14.7. The van der Waals surface area contributed by atoms with E-state index in [1.54, 1.807) is 24.3 Å². The summed E-state index contributed by atoms with van der Waals surface area (Å²) in [5, 5.41) is 2.86. The third kappa shape index (κ3) is 4.87. The van der Waals surface area contributed by atoms with E-state index in [1.807, 2.05) is 13.8 Å². The Balaban J connectivity index is 2.74. The van der Waals surface area contributed by atoms with Gasteiger partial charge in [-0.2, -0.15) is 0 Å². The standard InChI is InChI=1S/C13H19NO3S/c1-4-10(2)14-13(15)12-7-5-11(6-8-12)9-18(3,16)17/h5-8,10H,4,9H2,1-3H3,(H,14,15). The lowest BCUT2D eigenvalue weighted by Gasteiger charge is -2.11. The second-order valence-electron chi connectivity index (χ2n) is 4.55. The van der Waals surface area contributed by atoms with Crippen LogP contribution < -0.4 is 5.32 Å². The fourth-order valence-electron chi connectivity index (χ4n) is 1.46. The minimum atomic E-state index is -3.03. The van der Waals surface area contributed by atoms with E-state index in [-0.39, 0.29) is 17.7 Å². The highest BCUT2D eigenvalue weighted by Gasteiger charge is 2.09. The third-order valence-corrected chi connectivity index (χ3v) is 3.49. The highest BCUT2D eigenvalue weighted by molar-refractivity contribution is 7.89. The minimum Gasteiger partial charge on any atom is -0.350 e. The molecule has 1 rings (SSSR count). The molecule has 5 heteroatoms. The molecule has 0 bridgehead atoms. The van der Waals surface area contributed by atoms with Gasteiger partial charge in [-0.15, -0.1) is 0 Å². The zero-order chi connectivity index (χ0) is 13.8. The maximum Gasteiger partial charge on any atom is 0.251 e. The van der Waals surface area contributed by atoms with Crippen LogP contribution in [0.5, 0.6) is 0 Å². The van der Waals surface area contributed by atoms with Crippen molar-refractivity contribution in [2.75, 3.05) is 6.26 Å². The largest absolute Gasteiger partial charge is 0.350 e. The molecule has 1 aromatic carbocycles. The summed E-state index contributed by atoms with van der Waals surface area (Å²) in [6.45, 7) is 3.94. The Labute approximate surface area is 108 Å². The summed E-state index contributed by atoms with van der Waals surface area (Å²) in [6.07, 6.45) is 2.06. The predicted octanol–water partition coefficient (Wildman–Crippen LogP) is 1.76. The van der Waals surface area contributed by atoms with Gasteiger partial charge in [-0.3, -0.25) is 4.79 Å². The van der Waals surface area contributed by atoms with E-state index in [9.17, 15) is 13.2 Å². The van der Waals surface area contributed by atoms with Crippen molar-refractivity contribution in [3.63, 3.8) is 0 Å². The fourth-order valence-corrected chi connectivity index (χ4v) is 2.26. The predicted molar refractivity (Wildman–Crippen MR) is 72.2 cm³/mol. The Bertz CT molecular complexity index is 506. The van der Waals surface area contributed by atoms with Gasteiger partial charge in [0.05, 0.1) is 5.75 Å². The molecule has 0 heterocycles. The lowest BCUT2D eigenvalue weighted by atomic mass is 10.1. The molecule has 1 N–H and O–H groups in total. The normalized spacial score (nSPS) is 13.1. The van der Waals surface area contributed by atoms with Crippen LogP contribution in [0.4, 0.5) is 0 Å². The molecule has 18 heavy (non-hydrogen) atoms. The van der Waals surface area contributed by atoms with E-state index < -0.39 is 9.84 Å². The van der Waals surface area contributed by atoms with Crippen LogP contribution in [0.2, 0.25) is 0 Å². The Morgan fingerprint density at radius 2 is 1.83 bits per heavy atom. The zero-order valence-electron chi connectivity index (χ0n) is 10.9. The molecule has 1 atom stereocenters. The second-order valence-corrected chi connectivity index (χ2v) is 6.69. The molecule has 100 valence electrons. The van der Waals surface area contributed by atoms with Gasteiger partial charge in [0.2, 0.25) is 0 Å². The number of hydrogen-bond acceptors (Lipinski definition) is 3. The molecule has 0 aromatic heterocycles. The van der Waals surface area contributed by atoms with Crippen molar-refractivity contribution in [2.45, 2.75) is 32.1 Å². The summed E-state index contributed by atoms with van der Waals surface area (Å²) in [7, 11) is -3.03. The molecule has 1 unspecified atom stereocenters. The van der Waals surface area contributed by atoms with Crippen molar-refractivity contribution < 1.29 is 13.2 Å². The van der Waals surface area contributed by atoms with E-state index in [2.05, 4.69) is 5.32 Å². The third-order valence-electron chi connectivity index (χ3n) is 2.63. The SMILES string of the molecule is CCC(C)NC(=O)c1ccc(CS(C)(=O)=O)cc1. The monoisotopic (exact) mass is 269 g/mol. The summed E-state index contributed by atoms with van der Waals surface area (Å²) in [5.41, 5.74) is 1.24. The van der Waals surface area contributed by atoms with Crippen molar-refractivity contribution in [3.8, 4) is 0 Å². The number of rotatable bonds is 5. The fraction of sp³-hybridized carbons (Fsp3) is 0.462. The summed E-state index contributed by atoms with van der Waals surface area (Å²) in [6, 6.07) is 6.78. The number of amides is 1. The average Bonchev–Trinajstić information content (AvgIpc) is 2.27. The molecule has 0 spiro atoms. The molecular formula is C13H19NO3S. The topological polar surface area (TPSA) is 63.2 Å². The number of carbonyl (C=O) groups excluding carboxylic acids is 1. The Morgan fingerprint density at radius 3 is 2.28 bits per heavy atom. The first-order valence-corrected chi connectivity index (χ1v) is 7.95. The van der Waals surface area contributed by atoms with E-state index in [1.165, 1.54) is 6.26 Å². The summed E-state index contributed by atoms with van der Waals surface area (Å²) < 4.78 is 22.2. The van der Waals surface area contributed by atoms with Crippen LogP contribution in [0.15, 0.2) is 24.3 Å². The number of nitrogens with one attached hydrogen (secondary N) is 1. The van der Waals surface area contributed by atoms with Crippen molar-refractivity contribution in [1.82, 2.24) is 5.32 Å². The van der Waals surface area contributed by atoms with Crippen molar-refractivity contribution in [3.05, 3.63) is 35.4 Å². The van der Waals surface area contributed by atoms with Crippen LogP contribution in [0, 0.1) is 0 Å². The van der Waals surface area contributed by atoms with Gasteiger partial charge >= 0.3 is 0 Å². The maximum atomic E-state index is 11.8. The van der Waals surface area contributed by atoms with Crippen molar-refractivity contribution in [1.29, 1.82) is 0 Å². The van der Waals surface area contributed by atoms with Crippen LogP contribution >= 0.6 is 0 Å². The van der Waals surface area contributed by atoms with Crippen LogP contribution in [-0.2, 0) is 15.6 Å². The van der Waals surface area contributed by atoms with Gasteiger partial charge in [0.25, 0.3) is 5.91 Å². The maximum absolute atomic E-state index is 11.8. The van der Waals surface area contributed by atoms with Crippen molar-refractivity contribution in [2.24, 2.45) is 0 Å². The number of carbonyl (C=O) groups is 1. The zero-order valence-corrected chi connectivity index (χ0v) is 11.8. The van der Waals surface area contributed by atoms with Gasteiger partial charge in [-0.25, -0.2) is 8.42 Å². The van der Waals surface area contributed by atoms with Crippen LogP contribution in [0.1, 0.15) is 36.2 Å². The van der Waals surface area contributed by atoms with Gasteiger partial charge < -0.3 is 5.32 Å². The Hall–Kier alpha value is -1.36. The van der Waals surface area contributed by atoms with E-state index >= 15 is 0 Å². The molecule has 0 radical (unpaired) electrons.